The fourth-order valence-corrected chi connectivity index (χ4v) is 1.39. The van der Waals surface area contributed by atoms with Crippen LogP contribution in [0.25, 0.3) is 0 Å². The first-order chi connectivity index (χ1) is 6.36. The van der Waals surface area contributed by atoms with Crippen LogP contribution in [0.3, 0.4) is 0 Å². The minimum atomic E-state index is -0.192. The normalized spacial score (nSPS) is 21.2. The van der Waals surface area contributed by atoms with Crippen LogP contribution in [0.4, 0.5) is 4.39 Å². The fourth-order valence-electron chi connectivity index (χ4n) is 1.39. The molecule has 13 heavy (non-hydrogen) atoms. The fraction of sp³-hybridized carbons (Fsp3) is 0.200. The van der Waals surface area contributed by atoms with Crippen molar-refractivity contribution in [2.24, 2.45) is 0 Å². The van der Waals surface area contributed by atoms with E-state index in [4.69, 9.17) is 0 Å². The molecule has 1 aliphatic heterocycles. The van der Waals surface area contributed by atoms with E-state index in [1.165, 1.54) is 12.1 Å². The van der Waals surface area contributed by atoms with Gasteiger partial charge in [0.25, 0.3) is 0 Å². The Morgan fingerprint density at radius 1 is 1.23 bits per heavy atom. The number of halogens is 1. The predicted molar refractivity (Wildman–Crippen MR) is 49.2 cm³/mol. The third kappa shape index (κ3) is 1.87. The van der Waals surface area contributed by atoms with E-state index in [0.29, 0.717) is 0 Å². The molecule has 0 amide bonds. The second kappa shape index (κ2) is 3.58. The van der Waals surface area contributed by atoms with Gasteiger partial charge in [0, 0.05) is 6.20 Å². The molecule has 0 radical (unpaired) electrons. The van der Waals surface area contributed by atoms with Crippen LogP contribution >= 0.6 is 0 Å². The average molecular weight is 178 g/mol. The maximum atomic E-state index is 12.6. The molecule has 1 atom stereocenters. The van der Waals surface area contributed by atoms with Gasteiger partial charge in [0.2, 0.25) is 0 Å². The van der Waals surface area contributed by atoms with Crippen LogP contribution in [0.1, 0.15) is 18.0 Å². The molecular weight excluding hydrogens is 167 g/mol. The molecule has 0 saturated heterocycles. The van der Waals surface area contributed by atoms with E-state index in [-0.39, 0.29) is 11.9 Å². The summed E-state index contributed by atoms with van der Waals surface area (Å²) < 4.78 is 12.6. The van der Waals surface area contributed by atoms with E-state index in [1.807, 2.05) is 12.3 Å². The number of rotatable bonds is 1. The van der Waals surface area contributed by atoms with Gasteiger partial charge in [-0.3, -0.25) is 0 Å². The van der Waals surface area contributed by atoms with Crippen molar-refractivity contribution in [3.05, 3.63) is 47.9 Å². The summed E-state index contributed by atoms with van der Waals surface area (Å²) in [4.78, 5) is 0. The largest absolute Gasteiger partial charge is 0.329 e. The van der Waals surface area contributed by atoms with Crippen molar-refractivity contribution in [1.82, 2.24) is 10.9 Å². The molecule has 1 aromatic carbocycles. The molecular formula is C10H11FN2. The summed E-state index contributed by atoms with van der Waals surface area (Å²) in [5, 5.41) is 0. The van der Waals surface area contributed by atoms with Gasteiger partial charge in [0.15, 0.2) is 0 Å². The van der Waals surface area contributed by atoms with Gasteiger partial charge in [0.1, 0.15) is 5.82 Å². The molecule has 0 aromatic heterocycles. The van der Waals surface area contributed by atoms with Crippen molar-refractivity contribution < 1.29 is 4.39 Å². The molecule has 1 aromatic rings. The molecule has 1 heterocycles. The zero-order chi connectivity index (χ0) is 9.10. The summed E-state index contributed by atoms with van der Waals surface area (Å²) in [6, 6.07) is 6.80. The summed E-state index contributed by atoms with van der Waals surface area (Å²) in [6.07, 6.45) is 4.84. The first-order valence-electron chi connectivity index (χ1n) is 4.28. The van der Waals surface area contributed by atoms with Crippen LogP contribution in [0.2, 0.25) is 0 Å². The molecule has 1 unspecified atom stereocenters. The standard InChI is InChI=1S/C10H11FN2/c11-9-5-3-8(4-6-9)10-2-1-7-12-13-10/h1,3-7,10,12-13H,2H2. The summed E-state index contributed by atoms with van der Waals surface area (Å²) in [7, 11) is 0. The minimum absolute atomic E-state index is 0.192. The van der Waals surface area contributed by atoms with Gasteiger partial charge in [-0.1, -0.05) is 18.2 Å². The lowest BCUT2D eigenvalue weighted by Crippen LogP contribution is -2.33. The predicted octanol–water partition coefficient (Wildman–Crippen LogP) is 1.88. The molecule has 2 N–H and O–H groups in total. The van der Waals surface area contributed by atoms with E-state index >= 15 is 0 Å². The Morgan fingerprint density at radius 3 is 2.62 bits per heavy atom. The lowest BCUT2D eigenvalue weighted by atomic mass is 10.0. The number of benzene rings is 1. The number of nitrogens with one attached hydrogen (secondary N) is 2. The topological polar surface area (TPSA) is 24.1 Å². The minimum Gasteiger partial charge on any atom is -0.329 e. The zero-order valence-electron chi connectivity index (χ0n) is 7.13. The molecule has 2 rings (SSSR count). The molecule has 2 nitrogen and oxygen atoms in total. The van der Waals surface area contributed by atoms with Crippen LogP contribution in [0.5, 0.6) is 0 Å². The van der Waals surface area contributed by atoms with Gasteiger partial charge < -0.3 is 5.43 Å². The third-order valence-corrected chi connectivity index (χ3v) is 2.10. The highest BCUT2D eigenvalue weighted by Gasteiger charge is 2.10. The molecule has 0 bridgehead atoms. The first kappa shape index (κ1) is 8.26. The van der Waals surface area contributed by atoms with Gasteiger partial charge in [-0.15, -0.1) is 0 Å². The Labute approximate surface area is 76.4 Å². The van der Waals surface area contributed by atoms with Crippen LogP contribution < -0.4 is 10.9 Å². The van der Waals surface area contributed by atoms with Crippen LogP contribution in [-0.2, 0) is 0 Å². The molecule has 1 aliphatic rings. The van der Waals surface area contributed by atoms with Crippen LogP contribution in [-0.4, -0.2) is 0 Å². The van der Waals surface area contributed by atoms with Crippen molar-refractivity contribution >= 4 is 0 Å². The lowest BCUT2D eigenvalue weighted by Gasteiger charge is -2.20. The van der Waals surface area contributed by atoms with E-state index < -0.39 is 0 Å². The molecule has 0 spiro atoms. The maximum absolute atomic E-state index is 12.6. The summed E-state index contributed by atoms with van der Waals surface area (Å²) >= 11 is 0. The van der Waals surface area contributed by atoms with Gasteiger partial charge in [-0.05, 0) is 24.1 Å². The Kier molecular flexibility index (Phi) is 2.27. The molecule has 0 fully saturated rings. The highest BCUT2D eigenvalue weighted by Crippen LogP contribution is 2.18. The smallest absolute Gasteiger partial charge is 0.123 e. The summed E-state index contributed by atoms with van der Waals surface area (Å²) in [6.45, 7) is 0. The Hall–Kier alpha value is -1.35. The van der Waals surface area contributed by atoms with Crippen LogP contribution in [0, 0.1) is 5.82 Å². The maximum Gasteiger partial charge on any atom is 0.123 e. The highest BCUT2D eigenvalue weighted by atomic mass is 19.1. The third-order valence-electron chi connectivity index (χ3n) is 2.10. The summed E-state index contributed by atoms with van der Waals surface area (Å²) in [5.74, 6) is -0.192. The van der Waals surface area contributed by atoms with Crippen LogP contribution in [0.15, 0.2) is 36.5 Å². The average Bonchev–Trinajstić information content (AvgIpc) is 2.20. The molecule has 0 saturated carbocycles. The van der Waals surface area contributed by atoms with E-state index in [1.54, 1.807) is 12.1 Å². The van der Waals surface area contributed by atoms with Gasteiger partial charge in [-0.25, -0.2) is 9.82 Å². The number of hydrogen-bond acceptors (Lipinski definition) is 2. The SMILES string of the molecule is Fc1ccc(C2CC=CNN2)cc1. The van der Waals surface area contributed by atoms with Gasteiger partial charge in [-0.2, -0.15) is 0 Å². The Balaban J connectivity index is 2.15. The van der Waals surface area contributed by atoms with Crippen molar-refractivity contribution in [2.45, 2.75) is 12.5 Å². The van der Waals surface area contributed by atoms with E-state index in [0.717, 1.165) is 12.0 Å². The van der Waals surface area contributed by atoms with E-state index in [2.05, 4.69) is 10.9 Å². The number of hydrazine groups is 1. The zero-order valence-corrected chi connectivity index (χ0v) is 7.13. The quantitative estimate of drug-likeness (QED) is 0.686. The van der Waals surface area contributed by atoms with Gasteiger partial charge >= 0.3 is 0 Å². The van der Waals surface area contributed by atoms with Crippen molar-refractivity contribution in [1.29, 1.82) is 0 Å². The monoisotopic (exact) mass is 178 g/mol. The highest BCUT2D eigenvalue weighted by molar-refractivity contribution is 5.21. The molecule has 3 heteroatoms. The van der Waals surface area contributed by atoms with Gasteiger partial charge in [0.05, 0.1) is 6.04 Å². The molecule has 0 aliphatic carbocycles. The second-order valence-electron chi connectivity index (χ2n) is 3.03. The van der Waals surface area contributed by atoms with Crippen molar-refractivity contribution in [3.8, 4) is 0 Å². The molecule has 68 valence electrons. The second-order valence-corrected chi connectivity index (χ2v) is 3.03. The van der Waals surface area contributed by atoms with Crippen molar-refractivity contribution in [2.75, 3.05) is 0 Å². The van der Waals surface area contributed by atoms with E-state index in [9.17, 15) is 4.39 Å². The first-order valence-corrected chi connectivity index (χ1v) is 4.28. The number of hydrogen-bond donors (Lipinski definition) is 2. The lowest BCUT2D eigenvalue weighted by molar-refractivity contribution is 0.472. The Bertz CT molecular complexity index is 305. The van der Waals surface area contributed by atoms with Crippen molar-refractivity contribution in [3.63, 3.8) is 0 Å². The Morgan fingerprint density at radius 2 is 2.00 bits per heavy atom. The summed E-state index contributed by atoms with van der Waals surface area (Å²) in [5.41, 5.74) is 7.11.